The Morgan fingerprint density at radius 3 is 2.61 bits per heavy atom. The topological polar surface area (TPSA) is 92.8 Å². The van der Waals surface area contributed by atoms with Crippen molar-refractivity contribution in [2.75, 3.05) is 6.61 Å². The highest BCUT2D eigenvalue weighted by Gasteiger charge is 2.37. The van der Waals surface area contributed by atoms with Crippen molar-refractivity contribution in [2.24, 2.45) is 5.73 Å². The van der Waals surface area contributed by atoms with E-state index >= 15 is 0 Å². The zero-order valence-corrected chi connectivity index (χ0v) is 9.56. The predicted octanol–water partition coefficient (Wildman–Crippen LogP) is 0.945. The number of ether oxygens (including phenoxy) is 1. The van der Waals surface area contributed by atoms with Crippen LogP contribution in [0.3, 0.4) is 0 Å². The summed E-state index contributed by atoms with van der Waals surface area (Å²) in [5.41, 5.74) is 5.19. The van der Waals surface area contributed by atoms with E-state index in [9.17, 15) is 18.7 Å². The van der Waals surface area contributed by atoms with Crippen LogP contribution >= 0.6 is 0 Å². The van der Waals surface area contributed by atoms with E-state index in [0.29, 0.717) is 0 Å². The van der Waals surface area contributed by atoms with E-state index in [1.54, 1.807) is 0 Å². The summed E-state index contributed by atoms with van der Waals surface area (Å²) < 4.78 is 30.9. The molecule has 1 rings (SSSR count). The van der Waals surface area contributed by atoms with Gasteiger partial charge in [-0.25, -0.2) is 8.78 Å². The number of aromatic hydroxyl groups is 1. The van der Waals surface area contributed by atoms with E-state index in [0.717, 1.165) is 19.1 Å². The number of hydrogen-bond donors (Lipinski definition) is 3. The fourth-order valence-electron chi connectivity index (χ4n) is 1.31. The van der Waals surface area contributed by atoms with Gasteiger partial charge in [0, 0.05) is 6.92 Å². The third kappa shape index (κ3) is 3.14. The number of alkyl halides is 2. The summed E-state index contributed by atoms with van der Waals surface area (Å²) in [6.07, 6.45) is 0. The average molecular weight is 261 g/mol. The molecule has 4 N–H and O–H groups in total. The van der Waals surface area contributed by atoms with Crippen molar-refractivity contribution in [3.63, 3.8) is 0 Å². The van der Waals surface area contributed by atoms with Gasteiger partial charge in [0.05, 0.1) is 6.04 Å². The van der Waals surface area contributed by atoms with Gasteiger partial charge in [0.15, 0.2) is 11.5 Å². The van der Waals surface area contributed by atoms with E-state index in [1.165, 1.54) is 6.07 Å². The molecule has 0 saturated carbocycles. The third-order valence-corrected chi connectivity index (χ3v) is 2.26. The first-order valence-electron chi connectivity index (χ1n) is 5.03. The first-order chi connectivity index (χ1) is 8.27. The number of phenols is 1. The number of phenolic OH excluding ortho intramolecular Hbond substituents is 1. The van der Waals surface area contributed by atoms with Gasteiger partial charge in [-0.1, -0.05) is 6.07 Å². The van der Waals surface area contributed by atoms with E-state index in [4.69, 9.17) is 10.8 Å². The average Bonchev–Trinajstić information content (AvgIpc) is 2.30. The number of carbonyl (C=O) groups is 1. The van der Waals surface area contributed by atoms with Crippen molar-refractivity contribution in [3.05, 3.63) is 23.8 Å². The van der Waals surface area contributed by atoms with Gasteiger partial charge in [0.25, 0.3) is 5.92 Å². The number of benzene rings is 1. The summed E-state index contributed by atoms with van der Waals surface area (Å²) in [6, 6.07) is 1.54. The maximum atomic E-state index is 13.1. The summed E-state index contributed by atoms with van der Waals surface area (Å²) in [5, 5.41) is 18.0. The summed E-state index contributed by atoms with van der Waals surface area (Å²) >= 11 is 0. The lowest BCUT2D eigenvalue weighted by Gasteiger charge is -2.22. The largest absolute Gasteiger partial charge is 0.504 e. The molecule has 1 aromatic carbocycles. The van der Waals surface area contributed by atoms with E-state index in [-0.39, 0.29) is 11.3 Å². The summed E-state index contributed by atoms with van der Waals surface area (Å²) in [6.45, 7) is -0.264. The molecule has 0 heterocycles. The number of halogens is 2. The Morgan fingerprint density at radius 1 is 1.56 bits per heavy atom. The Hall–Kier alpha value is -1.73. The van der Waals surface area contributed by atoms with E-state index in [1.807, 2.05) is 0 Å². The van der Waals surface area contributed by atoms with Crippen molar-refractivity contribution in [1.82, 2.24) is 0 Å². The first kappa shape index (κ1) is 14.3. The Balaban J connectivity index is 3.00. The fraction of sp³-hybridized carbons (Fsp3) is 0.364. The van der Waals surface area contributed by atoms with Gasteiger partial charge in [-0.05, 0) is 17.7 Å². The van der Waals surface area contributed by atoms with Gasteiger partial charge in [-0.3, -0.25) is 4.79 Å². The number of carbonyl (C=O) groups excluding carboxylic acids is 1. The van der Waals surface area contributed by atoms with Crippen LogP contribution in [0.25, 0.3) is 0 Å². The molecule has 0 unspecified atom stereocenters. The number of nitrogens with two attached hydrogens (primary N) is 1. The zero-order valence-electron chi connectivity index (χ0n) is 9.56. The third-order valence-electron chi connectivity index (χ3n) is 2.26. The van der Waals surface area contributed by atoms with Crippen LogP contribution in [0.5, 0.6) is 11.5 Å². The van der Waals surface area contributed by atoms with Crippen LogP contribution in [-0.2, 0) is 4.79 Å². The highest BCUT2D eigenvalue weighted by molar-refractivity contribution is 5.70. The second-order valence-electron chi connectivity index (χ2n) is 3.72. The highest BCUT2D eigenvalue weighted by Crippen LogP contribution is 2.34. The molecule has 1 atom stereocenters. The second kappa shape index (κ2) is 5.28. The minimum absolute atomic E-state index is 0.0811. The molecule has 0 saturated heterocycles. The van der Waals surface area contributed by atoms with Gasteiger partial charge in [-0.2, -0.15) is 0 Å². The van der Waals surface area contributed by atoms with E-state index in [2.05, 4.69) is 4.74 Å². The second-order valence-corrected chi connectivity index (χ2v) is 3.72. The lowest BCUT2D eigenvalue weighted by atomic mass is 10.0. The molecule has 1 aromatic rings. The Labute approximate surface area is 102 Å². The van der Waals surface area contributed by atoms with Gasteiger partial charge in [-0.15, -0.1) is 0 Å². The molecule has 7 heteroatoms. The van der Waals surface area contributed by atoms with Crippen LogP contribution in [0.4, 0.5) is 8.78 Å². The molecule has 18 heavy (non-hydrogen) atoms. The Bertz CT molecular complexity index is 451. The molecular weight excluding hydrogens is 248 g/mol. The SMILES string of the molecule is CC(=O)Oc1ccc([C@@H](N)C(F)(F)CO)cc1O. The monoisotopic (exact) mass is 261 g/mol. The maximum absolute atomic E-state index is 13.1. The molecule has 0 aliphatic carbocycles. The normalized spacial score (nSPS) is 13.2. The number of aliphatic hydroxyl groups is 1. The quantitative estimate of drug-likeness (QED) is 0.554. The van der Waals surface area contributed by atoms with Crippen LogP contribution in [0, 0.1) is 0 Å². The van der Waals surface area contributed by atoms with Crippen molar-refractivity contribution >= 4 is 5.97 Å². The molecular formula is C11H13F2NO4. The maximum Gasteiger partial charge on any atom is 0.308 e. The highest BCUT2D eigenvalue weighted by atomic mass is 19.3. The van der Waals surface area contributed by atoms with Crippen LogP contribution in [0.1, 0.15) is 18.5 Å². The molecule has 100 valence electrons. The zero-order chi connectivity index (χ0) is 13.9. The minimum atomic E-state index is -3.50. The summed E-state index contributed by atoms with van der Waals surface area (Å²) in [4.78, 5) is 10.7. The molecule has 0 spiro atoms. The summed E-state index contributed by atoms with van der Waals surface area (Å²) in [5.74, 6) is -4.78. The molecule has 0 aliphatic rings. The molecule has 0 fully saturated rings. The number of hydrogen-bond acceptors (Lipinski definition) is 5. The Kier molecular flexibility index (Phi) is 4.20. The smallest absolute Gasteiger partial charge is 0.308 e. The lowest BCUT2D eigenvalue weighted by molar-refractivity contribution is -0.132. The van der Waals surface area contributed by atoms with Gasteiger partial charge in [0.1, 0.15) is 6.61 Å². The standard InChI is InChI=1S/C11H13F2NO4/c1-6(16)18-9-3-2-7(4-8(9)17)10(14)11(12,13)5-15/h2-4,10,15,17H,5,14H2,1H3/t10-/m1/s1. The predicted molar refractivity (Wildman–Crippen MR) is 58.4 cm³/mol. The van der Waals surface area contributed by atoms with Crippen LogP contribution in [0.2, 0.25) is 0 Å². The Morgan fingerprint density at radius 2 is 2.17 bits per heavy atom. The van der Waals surface area contributed by atoms with Gasteiger partial charge < -0.3 is 20.7 Å². The molecule has 0 radical (unpaired) electrons. The van der Waals surface area contributed by atoms with Crippen molar-refractivity contribution in [3.8, 4) is 11.5 Å². The van der Waals surface area contributed by atoms with Crippen LogP contribution in [-0.4, -0.2) is 28.7 Å². The number of aliphatic hydroxyl groups excluding tert-OH is 1. The van der Waals surface area contributed by atoms with Crippen molar-refractivity contribution < 1.29 is 28.5 Å². The van der Waals surface area contributed by atoms with Crippen LogP contribution in [0.15, 0.2) is 18.2 Å². The molecule has 5 nitrogen and oxygen atoms in total. The first-order valence-corrected chi connectivity index (χ1v) is 5.03. The molecule has 0 bridgehead atoms. The number of rotatable bonds is 4. The molecule has 0 aromatic heterocycles. The van der Waals surface area contributed by atoms with Crippen LogP contribution < -0.4 is 10.5 Å². The molecule has 0 amide bonds. The van der Waals surface area contributed by atoms with Gasteiger partial charge >= 0.3 is 5.97 Å². The fourth-order valence-corrected chi connectivity index (χ4v) is 1.31. The van der Waals surface area contributed by atoms with Gasteiger partial charge in [0.2, 0.25) is 0 Å². The molecule has 0 aliphatic heterocycles. The lowest BCUT2D eigenvalue weighted by Crippen LogP contribution is -2.36. The van der Waals surface area contributed by atoms with Crippen molar-refractivity contribution in [2.45, 2.75) is 18.9 Å². The van der Waals surface area contributed by atoms with E-state index < -0.39 is 30.3 Å². The minimum Gasteiger partial charge on any atom is -0.504 e. The summed E-state index contributed by atoms with van der Waals surface area (Å²) in [7, 11) is 0. The number of esters is 1. The van der Waals surface area contributed by atoms with Crippen molar-refractivity contribution in [1.29, 1.82) is 0 Å².